The van der Waals surface area contributed by atoms with E-state index in [1.807, 2.05) is 0 Å². The molecule has 1 heterocycles. The first-order valence-corrected chi connectivity index (χ1v) is 17.2. The quantitative estimate of drug-likeness (QED) is 0.170. The van der Waals surface area contributed by atoms with Gasteiger partial charge in [0.1, 0.15) is 0 Å². The van der Waals surface area contributed by atoms with Gasteiger partial charge in [-0.15, -0.1) is 0 Å². The molecule has 0 amide bonds. The van der Waals surface area contributed by atoms with E-state index in [-0.39, 0.29) is 0 Å². The van der Waals surface area contributed by atoms with Gasteiger partial charge in [0.25, 0.3) is 0 Å². The lowest BCUT2D eigenvalue weighted by Crippen LogP contribution is -2.10. The molecule has 6 aromatic carbocycles. The van der Waals surface area contributed by atoms with Crippen LogP contribution < -0.4 is 4.90 Å². The van der Waals surface area contributed by atoms with Crippen LogP contribution in [-0.4, -0.2) is 4.57 Å². The van der Waals surface area contributed by atoms with Gasteiger partial charge in [0.2, 0.25) is 0 Å². The molecule has 0 bridgehead atoms. The highest BCUT2D eigenvalue weighted by Gasteiger charge is 2.18. The second kappa shape index (κ2) is 12.5. The molecule has 2 aliphatic rings. The molecule has 0 unspecified atom stereocenters. The van der Waals surface area contributed by atoms with Gasteiger partial charge >= 0.3 is 0 Å². The minimum absolute atomic E-state index is 1.06. The SMILES string of the molecule is C1=CCC(C2=CC=C(c3ccc(N(c4ccccc4)c4ccc5c6ccccc6n(-c6ccc(-c7ccccc7)cc6)c5c4)cc3)CC2)=C1. The first-order valence-electron chi connectivity index (χ1n) is 17.2. The van der Waals surface area contributed by atoms with E-state index < -0.39 is 0 Å². The lowest BCUT2D eigenvalue weighted by molar-refractivity contribution is 0.972. The molecular weight excluding hydrogens is 593 g/mol. The van der Waals surface area contributed by atoms with Crippen LogP contribution >= 0.6 is 0 Å². The Bertz CT molecular complexity index is 2420. The van der Waals surface area contributed by atoms with Gasteiger partial charge in [-0.2, -0.15) is 0 Å². The second-order valence-electron chi connectivity index (χ2n) is 12.9. The Balaban J connectivity index is 1.12. The van der Waals surface area contributed by atoms with Gasteiger partial charge in [-0.25, -0.2) is 0 Å². The number of rotatable bonds is 7. The van der Waals surface area contributed by atoms with Crippen LogP contribution in [0.5, 0.6) is 0 Å². The Morgan fingerprint density at radius 3 is 1.78 bits per heavy atom. The molecule has 2 heteroatoms. The van der Waals surface area contributed by atoms with E-state index in [0.717, 1.165) is 42.0 Å². The summed E-state index contributed by atoms with van der Waals surface area (Å²) >= 11 is 0. The third-order valence-corrected chi connectivity index (χ3v) is 9.99. The first kappa shape index (κ1) is 29.1. The van der Waals surface area contributed by atoms with E-state index in [0.29, 0.717) is 0 Å². The van der Waals surface area contributed by atoms with E-state index >= 15 is 0 Å². The van der Waals surface area contributed by atoms with E-state index in [9.17, 15) is 0 Å². The highest BCUT2D eigenvalue weighted by atomic mass is 15.1. The molecule has 0 atom stereocenters. The van der Waals surface area contributed by atoms with Gasteiger partial charge in [-0.3, -0.25) is 0 Å². The number of hydrogen-bond donors (Lipinski definition) is 0. The van der Waals surface area contributed by atoms with Crippen molar-refractivity contribution in [1.82, 2.24) is 4.57 Å². The first-order chi connectivity index (χ1) is 24.3. The highest BCUT2D eigenvalue weighted by Crippen LogP contribution is 2.40. The van der Waals surface area contributed by atoms with Gasteiger partial charge in [-0.05, 0) is 107 Å². The summed E-state index contributed by atoms with van der Waals surface area (Å²) in [5, 5.41) is 2.50. The molecule has 7 aromatic rings. The number of allylic oxidation sites excluding steroid dienone is 8. The Labute approximate surface area is 287 Å². The van der Waals surface area contributed by atoms with E-state index in [1.54, 1.807) is 0 Å². The summed E-state index contributed by atoms with van der Waals surface area (Å²) < 4.78 is 2.41. The highest BCUT2D eigenvalue weighted by molar-refractivity contribution is 6.10. The molecule has 1 aromatic heterocycles. The Hall–Kier alpha value is -6.12. The minimum Gasteiger partial charge on any atom is -0.310 e. The Kier molecular flexibility index (Phi) is 7.40. The van der Waals surface area contributed by atoms with Crippen LogP contribution in [0.2, 0.25) is 0 Å². The molecule has 9 rings (SSSR count). The summed E-state index contributed by atoms with van der Waals surface area (Å²) in [4.78, 5) is 2.37. The number of hydrogen-bond acceptors (Lipinski definition) is 1. The predicted octanol–water partition coefficient (Wildman–Crippen LogP) is 12.9. The van der Waals surface area contributed by atoms with Gasteiger partial charge in [0.15, 0.2) is 0 Å². The van der Waals surface area contributed by atoms with Gasteiger partial charge in [0, 0.05) is 33.5 Å². The maximum Gasteiger partial charge on any atom is 0.0561 e. The van der Waals surface area contributed by atoms with Crippen LogP contribution in [0.1, 0.15) is 24.8 Å². The standard InChI is InChI=1S/C47H36N2/c1-3-11-34(12-4-1)38-25-29-42(30-26-38)49-46-18-10-9-17-44(46)45-32-31-43(33-47(45)49)48(40-15-5-2-6-16-40)41-27-23-39(24-28-41)37-21-19-36(20-22-37)35-13-7-8-14-35/h1-13,15-19,21,23-33H,14,20,22H2. The van der Waals surface area contributed by atoms with Crippen LogP contribution in [0, 0.1) is 0 Å². The number of fused-ring (bicyclic) bond motifs is 3. The summed E-state index contributed by atoms with van der Waals surface area (Å²) in [6, 6.07) is 55.0. The van der Waals surface area contributed by atoms with Crippen molar-refractivity contribution in [3.8, 4) is 16.8 Å². The molecule has 0 saturated heterocycles. The zero-order chi connectivity index (χ0) is 32.6. The Morgan fingerprint density at radius 1 is 0.429 bits per heavy atom. The zero-order valence-electron chi connectivity index (χ0n) is 27.3. The summed E-state index contributed by atoms with van der Waals surface area (Å²) in [5.41, 5.74) is 15.0. The molecule has 0 spiro atoms. The smallest absolute Gasteiger partial charge is 0.0561 e. The summed E-state index contributed by atoms with van der Waals surface area (Å²) in [6.45, 7) is 0. The average molecular weight is 629 g/mol. The molecule has 0 aliphatic heterocycles. The number of aromatic nitrogens is 1. The zero-order valence-corrected chi connectivity index (χ0v) is 27.3. The van der Waals surface area contributed by atoms with E-state index in [2.05, 4.69) is 192 Å². The molecule has 234 valence electrons. The number of nitrogens with zero attached hydrogens (tertiary/aromatic N) is 2. The number of anilines is 3. The molecule has 0 radical (unpaired) electrons. The molecule has 0 N–H and O–H groups in total. The van der Waals surface area contributed by atoms with Crippen molar-refractivity contribution in [3.63, 3.8) is 0 Å². The molecule has 49 heavy (non-hydrogen) atoms. The summed E-state index contributed by atoms with van der Waals surface area (Å²) in [6.07, 6.45) is 14.5. The molecular formula is C47H36N2. The third kappa shape index (κ3) is 5.42. The fourth-order valence-electron chi connectivity index (χ4n) is 7.49. The monoisotopic (exact) mass is 628 g/mol. The van der Waals surface area contributed by atoms with Gasteiger partial charge in [0.05, 0.1) is 11.0 Å². The van der Waals surface area contributed by atoms with Crippen molar-refractivity contribution in [3.05, 3.63) is 199 Å². The van der Waals surface area contributed by atoms with E-state index in [1.165, 1.54) is 55.2 Å². The lowest BCUT2D eigenvalue weighted by Gasteiger charge is -2.26. The number of benzene rings is 6. The second-order valence-corrected chi connectivity index (χ2v) is 12.9. The third-order valence-electron chi connectivity index (χ3n) is 9.99. The van der Waals surface area contributed by atoms with Crippen molar-refractivity contribution in [1.29, 1.82) is 0 Å². The largest absolute Gasteiger partial charge is 0.310 e. The fraction of sp³-hybridized carbons (Fsp3) is 0.0638. The molecule has 2 aliphatic carbocycles. The van der Waals surface area contributed by atoms with Crippen molar-refractivity contribution < 1.29 is 0 Å². The van der Waals surface area contributed by atoms with Crippen LogP contribution in [0.15, 0.2) is 193 Å². The average Bonchev–Trinajstić information content (AvgIpc) is 3.83. The fourth-order valence-corrected chi connectivity index (χ4v) is 7.49. The minimum atomic E-state index is 1.06. The van der Waals surface area contributed by atoms with Crippen LogP contribution in [0.4, 0.5) is 17.1 Å². The number of para-hydroxylation sites is 2. The van der Waals surface area contributed by atoms with Crippen molar-refractivity contribution in [2.75, 3.05) is 4.90 Å². The van der Waals surface area contributed by atoms with Gasteiger partial charge < -0.3 is 9.47 Å². The topological polar surface area (TPSA) is 8.17 Å². The Morgan fingerprint density at radius 2 is 1.04 bits per heavy atom. The van der Waals surface area contributed by atoms with Gasteiger partial charge in [-0.1, -0.05) is 127 Å². The molecule has 0 saturated carbocycles. The van der Waals surface area contributed by atoms with Crippen molar-refractivity contribution in [2.24, 2.45) is 0 Å². The predicted molar refractivity (Wildman–Crippen MR) is 208 cm³/mol. The maximum absolute atomic E-state index is 2.41. The lowest BCUT2D eigenvalue weighted by atomic mass is 9.89. The van der Waals surface area contributed by atoms with Crippen molar-refractivity contribution >= 4 is 44.4 Å². The summed E-state index contributed by atoms with van der Waals surface area (Å²) in [5.74, 6) is 0. The van der Waals surface area contributed by atoms with Crippen LogP contribution in [0.25, 0.3) is 44.2 Å². The van der Waals surface area contributed by atoms with Crippen molar-refractivity contribution in [2.45, 2.75) is 19.3 Å². The normalized spacial score (nSPS) is 14.2. The maximum atomic E-state index is 2.41. The summed E-state index contributed by atoms with van der Waals surface area (Å²) in [7, 11) is 0. The van der Waals surface area contributed by atoms with E-state index in [4.69, 9.17) is 0 Å². The van der Waals surface area contributed by atoms with Crippen LogP contribution in [-0.2, 0) is 0 Å². The molecule has 2 nitrogen and oxygen atoms in total. The molecule has 0 fully saturated rings. The van der Waals surface area contributed by atoms with Crippen LogP contribution in [0.3, 0.4) is 0 Å².